The van der Waals surface area contributed by atoms with Gasteiger partial charge in [0.1, 0.15) is 6.17 Å². The Bertz CT molecular complexity index is 715. The predicted molar refractivity (Wildman–Crippen MR) is 97.7 cm³/mol. The van der Waals surface area contributed by atoms with E-state index in [1.807, 2.05) is 18.2 Å². The lowest BCUT2D eigenvalue weighted by Gasteiger charge is -2.39. The first-order valence-electron chi connectivity index (χ1n) is 9.18. The summed E-state index contributed by atoms with van der Waals surface area (Å²) in [7, 11) is 3.27. The van der Waals surface area contributed by atoms with Crippen molar-refractivity contribution in [3.63, 3.8) is 0 Å². The Morgan fingerprint density at radius 1 is 1.12 bits per heavy atom. The van der Waals surface area contributed by atoms with Crippen molar-refractivity contribution in [1.29, 1.82) is 0 Å². The van der Waals surface area contributed by atoms with E-state index in [0.29, 0.717) is 17.4 Å². The minimum absolute atomic E-state index is 0.00559. The zero-order valence-electron chi connectivity index (χ0n) is 15.2. The number of hydrazine groups is 1. The molecule has 1 amide bonds. The zero-order chi connectivity index (χ0) is 18.1. The van der Waals surface area contributed by atoms with Crippen LogP contribution in [0.5, 0.6) is 11.5 Å². The molecule has 3 heterocycles. The molecule has 3 N–H and O–H groups in total. The van der Waals surface area contributed by atoms with E-state index in [-0.39, 0.29) is 18.0 Å². The van der Waals surface area contributed by atoms with Crippen LogP contribution < -0.4 is 25.5 Å². The van der Waals surface area contributed by atoms with E-state index in [0.717, 1.165) is 43.7 Å². The molecule has 7 nitrogen and oxygen atoms in total. The van der Waals surface area contributed by atoms with Gasteiger partial charge in [0, 0.05) is 30.2 Å². The van der Waals surface area contributed by atoms with Gasteiger partial charge < -0.3 is 20.1 Å². The average molecular weight is 358 g/mol. The second kappa shape index (κ2) is 7.17. The summed E-state index contributed by atoms with van der Waals surface area (Å²) in [4.78, 5) is 12.4. The van der Waals surface area contributed by atoms with Crippen molar-refractivity contribution in [3.05, 3.63) is 35.5 Å². The number of hydrogen-bond donors (Lipinski definition) is 3. The lowest BCUT2D eigenvalue weighted by atomic mass is 9.90. The summed E-state index contributed by atoms with van der Waals surface area (Å²) in [5, 5.41) is 8.68. The number of amides is 1. The second-order valence-electron chi connectivity index (χ2n) is 7.00. The third-order valence-corrected chi connectivity index (χ3v) is 5.58. The molecular weight excluding hydrogens is 332 g/mol. The maximum Gasteiger partial charge on any atom is 0.247 e. The minimum Gasteiger partial charge on any atom is -0.493 e. The van der Waals surface area contributed by atoms with Gasteiger partial charge in [-0.25, -0.2) is 5.43 Å². The maximum absolute atomic E-state index is 12.4. The standard InChI is InChI=1S/C19H26N4O3/c1-25-16-4-3-13(9-17(16)26-2)14-11-21-23-15(10-18(24)22-19(14)23)12-5-7-20-8-6-12/h3-4,9-10,12,14,19-21H,5-8,11H2,1-2H3,(H,22,24). The van der Waals surface area contributed by atoms with E-state index < -0.39 is 0 Å². The molecule has 0 aliphatic carbocycles. The third-order valence-electron chi connectivity index (χ3n) is 5.58. The lowest BCUT2D eigenvalue weighted by Crippen LogP contribution is -2.53. The molecule has 0 aromatic heterocycles. The van der Waals surface area contributed by atoms with Crippen molar-refractivity contribution in [2.75, 3.05) is 33.9 Å². The maximum atomic E-state index is 12.4. The number of benzene rings is 1. The van der Waals surface area contributed by atoms with Gasteiger partial charge in [0.25, 0.3) is 0 Å². The van der Waals surface area contributed by atoms with Crippen molar-refractivity contribution in [2.45, 2.75) is 24.9 Å². The first kappa shape index (κ1) is 17.2. The normalized spacial score (nSPS) is 26.2. The highest BCUT2D eigenvalue weighted by atomic mass is 16.5. The van der Waals surface area contributed by atoms with Crippen LogP contribution in [0.2, 0.25) is 0 Å². The SMILES string of the molecule is COc1ccc(C2CNN3C(C4CCNCC4)=CC(=O)NC23)cc1OC. The Kier molecular flexibility index (Phi) is 4.74. The van der Waals surface area contributed by atoms with E-state index >= 15 is 0 Å². The molecule has 2 unspecified atom stereocenters. The summed E-state index contributed by atoms with van der Waals surface area (Å²) in [5.41, 5.74) is 5.73. The molecule has 0 spiro atoms. The van der Waals surface area contributed by atoms with Crippen molar-refractivity contribution < 1.29 is 14.3 Å². The number of rotatable bonds is 4. The van der Waals surface area contributed by atoms with Gasteiger partial charge in [-0.1, -0.05) is 6.07 Å². The number of carbonyl (C=O) groups is 1. The van der Waals surface area contributed by atoms with Gasteiger partial charge in [0.15, 0.2) is 11.5 Å². The number of piperidine rings is 1. The molecule has 0 radical (unpaired) electrons. The monoisotopic (exact) mass is 358 g/mol. The van der Waals surface area contributed by atoms with Gasteiger partial charge in [-0.05, 0) is 43.6 Å². The van der Waals surface area contributed by atoms with E-state index in [1.165, 1.54) is 0 Å². The van der Waals surface area contributed by atoms with Crippen molar-refractivity contribution in [2.24, 2.45) is 5.92 Å². The molecule has 2 fully saturated rings. The topological polar surface area (TPSA) is 74.9 Å². The van der Waals surface area contributed by atoms with Gasteiger partial charge in [-0.3, -0.25) is 9.80 Å². The van der Waals surface area contributed by atoms with E-state index in [4.69, 9.17) is 9.47 Å². The van der Waals surface area contributed by atoms with Crippen LogP contribution in [0.1, 0.15) is 24.3 Å². The van der Waals surface area contributed by atoms with Crippen LogP contribution >= 0.6 is 0 Å². The first-order valence-corrected chi connectivity index (χ1v) is 9.18. The highest BCUT2D eigenvalue weighted by molar-refractivity contribution is 5.89. The number of fused-ring (bicyclic) bond motifs is 1. The van der Waals surface area contributed by atoms with Gasteiger partial charge in [0.2, 0.25) is 5.91 Å². The number of carbonyl (C=O) groups excluding carboxylic acids is 1. The molecule has 140 valence electrons. The number of hydrogen-bond acceptors (Lipinski definition) is 6. The molecule has 0 saturated carbocycles. The lowest BCUT2D eigenvalue weighted by molar-refractivity contribution is -0.119. The number of methoxy groups -OCH3 is 2. The largest absolute Gasteiger partial charge is 0.493 e. The van der Waals surface area contributed by atoms with Crippen LogP contribution in [0.3, 0.4) is 0 Å². The minimum atomic E-state index is -0.0875. The molecular formula is C19H26N4O3. The first-order chi connectivity index (χ1) is 12.7. The zero-order valence-corrected chi connectivity index (χ0v) is 15.2. The number of allylic oxidation sites excluding steroid dienone is 1. The van der Waals surface area contributed by atoms with Crippen molar-refractivity contribution >= 4 is 5.91 Å². The van der Waals surface area contributed by atoms with Gasteiger partial charge >= 0.3 is 0 Å². The summed E-state index contributed by atoms with van der Waals surface area (Å²) in [5.74, 6) is 1.97. The molecule has 26 heavy (non-hydrogen) atoms. The summed E-state index contributed by atoms with van der Waals surface area (Å²) in [6, 6.07) is 5.97. The van der Waals surface area contributed by atoms with E-state index in [1.54, 1.807) is 20.3 Å². The molecule has 1 aromatic rings. The van der Waals surface area contributed by atoms with Crippen molar-refractivity contribution in [1.82, 2.24) is 21.1 Å². The Labute approximate surface area is 153 Å². The summed E-state index contributed by atoms with van der Waals surface area (Å²) >= 11 is 0. The highest BCUT2D eigenvalue weighted by Gasteiger charge is 2.42. The van der Waals surface area contributed by atoms with Crippen LogP contribution in [0.15, 0.2) is 30.0 Å². The fourth-order valence-electron chi connectivity index (χ4n) is 4.21. The van der Waals surface area contributed by atoms with Gasteiger partial charge in [-0.15, -0.1) is 0 Å². The molecule has 7 heteroatoms. The fourth-order valence-corrected chi connectivity index (χ4v) is 4.21. The second-order valence-corrected chi connectivity index (χ2v) is 7.00. The number of ether oxygens (including phenoxy) is 2. The van der Waals surface area contributed by atoms with Gasteiger partial charge in [0.05, 0.1) is 14.2 Å². The van der Waals surface area contributed by atoms with Crippen LogP contribution in [-0.2, 0) is 4.79 Å². The fraction of sp³-hybridized carbons (Fsp3) is 0.526. The summed E-state index contributed by atoms with van der Waals surface area (Å²) in [6.45, 7) is 2.77. The molecule has 2 atom stereocenters. The quantitative estimate of drug-likeness (QED) is 0.744. The van der Waals surface area contributed by atoms with Crippen molar-refractivity contribution in [3.8, 4) is 11.5 Å². The molecule has 3 aliphatic rings. The van der Waals surface area contributed by atoms with Crippen LogP contribution in [0.4, 0.5) is 0 Å². The molecule has 3 aliphatic heterocycles. The Balaban J connectivity index is 1.60. The van der Waals surface area contributed by atoms with E-state index in [9.17, 15) is 4.79 Å². The van der Waals surface area contributed by atoms with Crippen LogP contribution in [0.25, 0.3) is 0 Å². The number of nitrogens with zero attached hydrogens (tertiary/aromatic N) is 1. The molecule has 4 rings (SSSR count). The highest BCUT2D eigenvalue weighted by Crippen LogP contribution is 2.37. The average Bonchev–Trinajstić information content (AvgIpc) is 3.11. The van der Waals surface area contributed by atoms with Crippen LogP contribution in [0, 0.1) is 5.92 Å². The van der Waals surface area contributed by atoms with E-state index in [2.05, 4.69) is 21.1 Å². The predicted octanol–water partition coefficient (Wildman–Crippen LogP) is 0.947. The number of nitrogens with one attached hydrogen (secondary N) is 3. The smallest absolute Gasteiger partial charge is 0.247 e. The Hall–Kier alpha value is -2.25. The summed E-state index contributed by atoms with van der Waals surface area (Å²) < 4.78 is 10.8. The Morgan fingerprint density at radius 3 is 2.62 bits per heavy atom. The molecule has 1 aromatic carbocycles. The summed E-state index contributed by atoms with van der Waals surface area (Å²) in [6.07, 6.45) is 3.79. The van der Waals surface area contributed by atoms with Gasteiger partial charge in [-0.2, -0.15) is 0 Å². The van der Waals surface area contributed by atoms with Crippen LogP contribution in [-0.4, -0.2) is 50.9 Å². The molecule has 2 saturated heterocycles. The molecule has 0 bridgehead atoms. The Morgan fingerprint density at radius 2 is 1.88 bits per heavy atom. The third kappa shape index (κ3) is 3.01.